The average molecular weight is 394 g/mol. The molecule has 112 valence electrons. The van der Waals surface area contributed by atoms with Gasteiger partial charge in [-0.25, -0.2) is 9.97 Å². The van der Waals surface area contributed by atoms with Gasteiger partial charge in [0.1, 0.15) is 10.8 Å². The van der Waals surface area contributed by atoms with Crippen molar-refractivity contribution in [3.63, 3.8) is 0 Å². The summed E-state index contributed by atoms with van der Waals surface area (Å²) in [4.78, 5) is 21.9. The summed E-state index contributed by atoms with van der Waals surface area (Å²) in [6, 6.07) is 5.79. The molecule has 0 radical (unpaired) electrons. The third-order valence-corrected chi connectivity index (χ3v) is 5.69. The van der Waals surface area contributed by atoms with Crippen LogP contribution in [0.1, 0.15) is 11.3 Å². The molecule has 0 aliphatic heterocycles. The molecule has 0 unspecified atom stereocenters. The molecule has 4 nitrogen and oxygen atoms in total. The molecule has 0 fully saturated rings. The van der Waals surface area contributed by atoms with Gasteiger partial charge in [0.05, 0.1) is 17.0 Å². The molecule has 3 heterocycles. The van der Waals surface area contributed by atoms with Crippen molar-refractivity contribution >= 4 is 50.3 Å². The molecule has 7 heteroatoms. The zero-order valence-electron chi connectivity index (χ0n) is 11.7. The number of nitrogens with zero attached hydrogens (tertiary/aromatic N) is 2. The van der Waals surface area contributed by atoms with Crippen LogP contribution in [0, 0.1) is 6.92 Å². The van der Waals surface area contributed by atoms with Crippen LogP contribution in [0.25, 0.3) is 9.88 Å². The Morgan fingerprint density at radius 2 is 2.23 bits per heavy atom. The van der Waals surface area contributed by atoms with Crippen molar-refractivity contribution in [2.75, 3.05) is 5.32 Å². The highest BCUT2D eigenvalue weighted by atomic mass is 79.9. The van der Waals surface area contributed by atoms with Crippen molar-refractivity contribution in [3.05, 3.63) is 50.9 Å². The van der Waals surface area contributed by atoms with Gasteiger partial charge < -0.3 is 5.32 Å². The molecule has 1 N–H and O–H groups in total. The van der Waals surface area contributed by atoms with Crippen LogP contribution >= 0.6 is 38.6 Å². The van der Waals surface area contributed by atoms with Gasteiger partial charge in [-0.3, -0.25) is 4.79 Å². The molecular formula is C15H12BrN3OS2. The molecule has 0 aromatic carbocycles. The van der Waals surface area contributed by atoms with E-state index in [0.717, 1.165) is 25.6 Å². The number of nitrogens with one attached hydrogen (secondary N) is 1. The average Bonchev–Trinajstić information content (AvgIpc) is 3.10. The Bertz CT molecular complexity index is 812. The highest BCUT2D eigenvalue weighted by molar-refractivity contribution is 9.10. The van der Waals surface area contributed by atoms with Crippen LogP contribution in [-0.2, 0) is 11.2 Å². The normalized spacial score (nSPS) is 10.6. The van der Waals surface area contributed by atoms with Crippen molar-refractivity contribution in [1.29, 1.82) is 0 Å². The number of anilines is 1. The first kappa shape index (κ1) is 15.3. The summed E-state index contributed by atoms with van der Waals surface area (Å²) in [5.41, 5.74) is 1.72. The Hall–Kier alpha value is -1.57. The second-order valence-corrected chi connectivity index (χ2v) is 7.35. The number of hydrogen-bond donors (Lipinski definition) is 1. The lowest BCUT2D eigenvalue weighted by atomic mass is 10.2. The summed E-state index contributed by atoms with van der Waals surface area (Å²) in [6.45, 7) is 1.91. The Kier molecular flexibility index (Phi) is 4.66. The summed E-state index contributed by atoms with van der Waals surface area (Å²) in [7, 11) is 0. The van der Waals surface area contributed by atoms with Gasteiger partial charge in [0, 0.05) is 21.4 Å². The van der Waals surface area contributed by atoms with E-state index >= 15 is 0 Å². The van der Waals surface area contributed by atoms with E-state index in [1.807, 2.05) is 35.9 Å². The van der Waals surface area contributed by atoms with Gasteiger partial charge in [-0.2, -0.15) is 0 Å². The fourth-order valence-corrected chi connectivity index (χ4v) is 4.21. The third kappa shape index (κ3) is 3.60. The number of carbonyl (C=O) groups is 1. The molecule has 0 bridgehead atoms. The highest BCUT2D eigenvalue weighted by Crippen LogP contribution is 2.32. The standard InChI is InChI=1S/C15H12BrN3OS2/c1-9-3-2-4-17-14(9)19-13(20)6-11-8-22-15(18-11)12-5-10(16)7-21-12/h2-5,7-8H,6H2,1H3,(H,17,19,20). The number of thiazole rings is 1. The zero-order chi connectivity index (χ0) is 15.5. The molecule has 0 aliphatic carbocycles. The summed E-state index contributed by atoms with van der Waals surface area (Å²) in [5, 5.41) is 7.70. The predicted molar refractivity (Wildman–Crippen MR) is 94.4 cm³/mol. The first-order valence-corrected chi connectivity index (χ1v) is 9.07. The number of hydrogen-bond acceptors (Lipinski definition) is 5. The first-order valence-electron chi connectivity index (χ1n) is 6.52. The van der Waals surface area contributed by atoms with E-state index in [-0.39, 0.29) is 12.3 Å². The molecular weight excluding hydrogens is 382 g/mol. The molecule has 3 aromatic heterocycles. The molecule has 3 aromatic rings. The van der Waals surface area contributed by atoms with Crippen LogP contribution in [0.2, 0.25) is 0 Å². The maximum Gasteiger partial charge on any atom is 0.231 e. The van der Waals surface area contributed by atoms with E-state index in [4.69, 9.17) is 0 Å². The van der Waals surface area contributed by atoms with E-state index in [2.05, 4.69) is 31.2 Å². The minimum atomic E-state index is -0.106. The van der Waals surface area contributed by atoms with Crippen LogP contribution in [0.3, 0.4) is 0 Å². The second kappa shape index (κ2) is 6.68. The van der Waals surface area contributed by atoms with E-state index in [1.165, 1.54) is 0 Å². The zero-order valence-corrected chi connectivity index (χ0v) is 14.9. The van der Waals surface area contributed by atoms with Crippen molar-refractivity contribution in [3.8, 4) is 9.88 Å². The minimum absolute atomic E-state index is 0.106. The van der Waals surface area contributed by atoms with Gasteiger partial charge >= 0.3 is 0 Å². The largest absolute Gasteiger partial charge is 0.310 e. The number of pyridine rings is 1. The van der Waals surface area contributed by atoms with Crippen molar-refractivity contribution in [1.82, 2.24) is 9.97 Å². The van der Waals surface area contributed by atoms with Gasteiger partial charge in [0.25, 0.3) is 0 Å². The smallest absolute Gasteiger partial charge is 0.231 e. The fraction of sp³-hybridized carbons (Fsp3) is 0.133. The number of aromatic nitrogens is 2. The number of amides is 1. The maximum atomic E-state index is 12.1. The van der Waals surface area contributed by atoms with Gasteiger partial charge in [0.15, 0.2) is 0 Å². The van der Waals surface area contributed by atoms with E-state index < -0.39 is 0 Å². The number of halogens is 1. The number of carbonyl (C=O) groups excluding carboxylic acids is 1. The van der Waals surface area contributed by atoms with E-state index in [9.17, 15) is 4.79 Å². The quantitative estimate of drug-likeness (QED) is 0.708. The summed E-state index contributed by atoms with van der Waals surface area (Å²) in [5.74, 6) is 0.496. The van der Waals surface area contributed by atoms with Gasteiger partial charge in [-0.05, 0) is 40.5 Å². The lowest BCUT2D eigenvalue weighted by Gasteiger charge is -2.05. The molecule has 0 saturated heterocycles. The predicted octanol–water partition coefficient (Wildman–Crippen LogP) is 4.52. The van der Waals surface area contributed by atoms with Crippen LogP contribution in [0.5, 0.6) is 0 Å². The summed E-state index contributed by atoms with van der Waals surface area (Å²) in [6.07, 6.45) is 1.91. The van der Waals surface area contributed by atoms with Gasteiger partial charge in [-0.15, -0.1) is 22.7 Å². The molecule has 0 saturated carbocycles. The first-order chi connectivity index (χ1) is 10.6. The molecule has 1 amide bonds. The maximum absolute atomic E-state index is 12.1. The van der Waals surface area contributed by atoms with Gasteiger partial charge in [0.2, 0.25) is 5.91 Å². The SMILES string of the molecule is Cc1cccnc1NC(=O)Cc1csc(-c2cc(Br)cs2)n1. The number of rotatable bonds is 4. The highest BCUT2D eigenvalue weighted by Gasteiger charge is 2.11. The van der Waals surface area contributed by atoms with Crippen LogP contribution in [0.15, 0.2) is 39.6 Å². The molecule has 0 aliphatic rings. The van der Waals surface area contributed by atoms with Gasteiger partial charge in [-0.1, -0.05) is 6.07 Å². The van der Waals surface area contributed by atoms with Crippen molar-refractivity contribution in [2.24, 2.45) is 0 Å². The molecule has 3 rings (SSSR count). The Balaban J connectivity index is 1.67. The van der Waals surface area contributed by atoms with Crippen molar-refractivity contribution < 1.29 is 4.79 Å². The lowest BCUT2D eigenvalue weighted by molar-refractivity contribution is -0.115. The topological polar surface area (TPSA) is 54.9 Å². The summed E-state index contributed by atoms with van der Waals surface area (Å²) < 4.78 is 1.05. The third-order valence-electron chi connectivity index (χ3n) is 2.94. The molecule has 0 spiro atoms. The van der Waals surface area contributed by atoms with E-state index in [1.54, 1.807) is 28.9 Å². The molecule has 0 atom stereocenters. The number of thiophene rings is 1. The van der Waals surface area contributed by atoms with Crippen LogP contribution in [-0.4, -0.2) is 15.9 Å². The Morgan fingerprint density at radius 3 is 2.95 bits per heavy atom. The lowest BCUT2D eigenvalue weighted by Crippen LogP contribution is -2.16. The van der Waals surface area contributed by atoms with Crippen LogP contribution < -0.4 is 5.32 Å². The number of aryl methyl sites for hydroxylation is 1. The van der Waals surface area contributed by atoms with E-state index in [0.29, 0.717) is 5.82 Å². The fourth-order valence-electron chi connectivity index (χ4n) is 1.88. The monoisotopic (exact) mass is 393 g/mol. The Labute approximate surface area is 144 Å². The Morgan fingerprint density at radius 1 is 1.36 bits per heavy atom. The molecule has 22 heavy (non-hydrogen) atoms. The van der Waals surface area contributed by atoms with Crippen molar-refractivity contribution in [2.45, 2.75) is 13.3 Å². The minimum Gasteiger partial charge on any atom is -0.310 e. The second-order valence-electron chi connectivity index (χ2n) is 4.67. The van der Waals surface area contributed by atoms with Crippen LogP contribution in [0.4, 0.5) is 5.82 Å². The summed E-state index contributed by atoms with van der Waals surface area (Å²) >= 11 is 6.62.